The Hall–Kier alpha value is -3.63. The van der Waals surface area contributed by atoms with Crippen LogP contribution in [0, 0.1) is 5.92 Å². The smallest absolute Gasteiger partial charge is 0.366 e. The largest absolute Gasteiger partial charge is 0.408 e. The van der Waals surface area contributed by atoms with Crippen molar-refractivity contribution in [1.29, 1.82) is 0 Å². The lowest BCUT2D eigenvalue weighted by molar-refractivity contribution is -0.149. The maximum atomic E-state index is 12.9. The molecule has 4 rings (SSSR count). The van der Waals surface area contributed by atoms with Gasteiger partial charge in [-0.15, -0.1) is 0 Å². The second-order valence-corrected chi connectivity index (χ2v) is 8.27. The molecular formula is C22H24F3N7O. The summed E-state index contributed by atoms with van der Waals surface area (Å²) in [6.07, 6.45) is 2.09. The summed E-state index contributed by atoms with van der Waals surface area (Å²) in [5.41, 5.74) is 2.88. The number of hydrogen-bond donors (Lipinski definition) is 3. The minimum atomic E-state index is -4.53. The number of pyridine rings is 1. The number of alkyl halides is 3. The first kappa shape index (κ1) is 22.6. The fourth-order valence-electron chi connectivity index (χ4n) is 3.41. The quantitative estimate of drug-likeness (QED) is 0.520. The molecule has 0 spiro atoms. The predicted octanol–water partition coefficient (Wildman–Crippen LogP) is 3.73. The van der Waals surface area contributed by atoms with Crippen LogP contribution in [0.15, 0.2) is 36.8 Å². The Morgan fingerprint density at radius 3 is 2.79 bits per heavy atom. The lowest BCUT2D eigenvalue weighted by atomic mass is 9.97. The molecule has 0 unspecified atom stereocenters. The second-order valence-electron chi connectivity index (χ2n) is 8.27. The zero-order valence-corrected chi connectivity index (χ0v) is 18.4. The summed E-state index contributed by atoms with van der Waals surface area (Å²) in [5.74, 6) is 0.816. The number of nitrogens with zero attached hydrogens (tertiary/aromatic N) is 4. The van der Waals surface area contributed by atoms with E-state index in [2.05, 4.69) is 39.5 Å². The first-order chi connectivity index (χ1) is 15.6. The van der Waals surface area contributed by atoms with Crippen molar-refractivity contribution in [3.63, 3.8) is 0 Å². The number of rotatable bonds is 6. The van der Waals surface area contributed by atoms with Gasteiger partial charge in [0.2, 0.25) is 5.95 Å². The van der Waals surface area contributed by atoms with Crippen molar-refractivity contribution in [2.75, 3.05) is 23.7 Å². The molecule has 0 bridgehead atoms. The SMILES string of the molecule is CC(C)CNc1ncc2c(n1)NCC=C2c1ccn2ncc(C(=O)N[C@H](C)C(F)(F)F)c2c1. The average molecular weight is 459 g/mol. The Morgan fingerprint density at radius 2 is 2.06 bits per heavy atom. The van der Waals surface area contributed by atoms with Gasteiger partial charge in [-0.25, -0.2) is 9.50 Å². The van der Waals surface area contributed by atoms with E-state index in [4.69, 9.17) is 0 Å². The van der Waals surface area contributed by atoms with Gasteiger partial charge >= 0.3 is 6.18 Å². The lowest BCUT2D eigenvalue weighted by Crippen LogP contribution is -2.43. The van der Waals surface area contributed by atoms with Crippen LogP contribution in [0.4, 0.5) is 24.9 Å². The van der Waals surface area contributed by atoms with Gasteiger partial charge in [-0.3, -0.25) is 4.79 Å². The molecule has 11 heteroatoms. The molecule has 0 saturated carbocycles. The molecule has 0 saturated heterocycles. The monoisotopic (exact) mass is 459 g/mol. The number of halogens is 3. The van der Waals surface area contributed by atoms with E-state index in [1.165, 1.54) is 10.7 Å². The Kier molecular flexibility index (Phi) is 5.96. The summed E-state index contributed by atoms with van der Waals surface area (Å²) in [5, 5.41) is 12.5. The number of aromatic nitrogens is 4. The highest BCUT2D eigenvalue weighted by molar-refractivity contribution is 6.01. The fourth-order valence-corrected chi connectivity index (χ4v) is 3.41. The van der Waals surface area contributed by atoms with E-state index < -0.39 is 18.1 Å². The average Bonchev–Trinajstić information content (AvgIpc) is 3.19. The van der Waals surface area contributed by atoms with Crippen molar-refractivity contribution in [3.8, 4) is 0 Å². The van der Waals surface area contributed by atoms with Crippen LogP contribution in [0.1, 0.15) is 42.3 Å². The van der Waals surface area contributed by atoms with E-state index >= 15 is 0 Å². The molecule has 33 heavy (non-hydrogen) atoms. The van der Waals surface area contributed by atoms with Gasteiger partial charge in [0.05, 0.1) is 17.3 Å². The van der Waals surface area contributed by atoms with Crippen molar-refractivity contribution in [1.82, 2.24) is 24.9 Å². The predicted molar refractivity (Wildman–Crippen MR) is 119 cm³/mol. The number of nitrogens with one attached hydrogen (secondary N) is 3. The van der Waals surface area contributed by atoms with Crippen molar-refractivity contribution in [2.45, 2.75) is 33.0 Å². The standard InChI is InChI=1S/C22H24F3N7O/c1-12(2)9-27-21-28-10-16-15(4-6-26-19(16)31-21)14-5-7-32-18(8-14)17(11-29-32)20(33)30-13(3)22(23,24)25/h4-5,7-8,10-13H,6,9H2,1-3H3,(H,30,33)(H2,26,27,28,31)/t13-/m1/s1. The molecule has 0 aliphatic carbocycles. The normalized spacial score (nSPS) is 14.5. The van der Waals surface area contributed by atoms with Crippen LogP contribution in [-0.2, 0) is 0 Å². The van der Waals surface area contributed by atoms with Crippen LogP contribution < -0.4 is 16.0 Å². The topological polar surface area (TPSA) is 96.2 Å². The fraction of sp³-hybridized carbons (Fsp3) is 0.364. The minimum absolute atomic E-state index is 0.0622. The lowest BCUT2D eigenvalue weighted by Gasteiger charge is -2.20. The molecule has 3 aromatic heterocycles. The summed E-state index contributed by atoms with van der Waals surface area (Å²) in [7, 11) is 0. The molecule has 1 aliphatic heterocycles. The number of carbonyl (C=O) groups is 1. The molecule has 3 aromatic rings. The van der Waals surface area contributed by atoms with E-state index in [1.807, 2.05) is 17.5 Å². The summed E-state index contributed by atoms with van der Waals surface area (Å²) in [4.78, 5) is 21.4. The summed E-state index contributed by atoms with van der Waals surface area (Å²) in [6.45, 7) is 6.38. The van der Waals surface area contributed by atoms with E-state index in [1.54, 1.807) is 18.5 Å². The van der Waals surface area contributed by atoms with Crippen molar-refractivity contribution in [3.05, 3.63) is 53.5 Å². The molecule has 1 aliphatic rings. The highest BCUT2D eigenvalue weighted by Gasteiger charge is 2.37. The third kappa shape index (κ3) is 4.76. The Morgan fingerprint density at radius 1 is 1.27 bits per heavy atom. The van der Waals surface area contributed by atoms with Crippen LogP contribution in [0.5, 0.6) is 0 Å². The second kappa shape index (κ2) is 8.72. The van der Waals surface area contributed by atoms with Gasteiger partial charge in [-0.2, -0.15) is 23.3 Å². The van der Waals surface area contributed by atoms with Gasteiger partial charge in [-0.1, -0.05) is 19.9 Å². The highest BCUT2D eigenvalue weighted by atomic mass is 19.4. The van der Waals surface area contributed by atoms with Gasteiger partial charge in [0.25, 0.3) is 5.91 Å². The van der Waals surface area contributed by atoms with E-state index in [0.717, 1.165) is 30.2 Å². The maximum Gasteiger partial charge on any atom is 0.408 e. The van der Waals surface area contributed by atoms with Crippen LogP contribution in [0.2, 0.25) is 0 Å². The van der Waals surface area contributed by atoms with Gasteiger partial charge in [0.1, 0.15) is 11.9 Å². The number of anilines is 2. The van der Waals surface area contributed by atoms with Crippen LogP contribution in [0.25, 0.3) is 11.1 Å². The summed E-state index contributed by atoms with van der Waals surface area (Å²) < 4.78 is 40.0. The number of carbonyl (C=O) groups excluding carboxylic acids is 1. The van der Waals surface area contributed by atoms with Crippen LogP contribution in [0.3, 0.4) is 0 Å². The van der Waals surface area contributed by atoms with Gasteiger partial charge < -0.3 is 16.0 Å². The highest BCUT2D eigenvalue weighted by Crippen LogP contribution is 2.32. The van der Waals surface area contributed by atoms with E-state index in [-0.39, 0.29) is 5.56 Å². The molecular weight excluding hydrogens is 435 g/mol. The summed E-state index contributed by atoms with van der Waals surface area (Å²) in [6, 6.07) is 1.58. The number of hydrogen-bond acceptors (Lipinski definition) is 6. The summed E-state index contributed by atoms with van der Waals surface area (Å²) >= 11 is 0. The van der Waals surface area contributed by atoms with Gasteiger partial charge in [0.15, 0.2) is 0 Å². The third-order valence-electron chi connectivity index (χ3n) is 5.24. The van der Waals surface area contributed by atoms with Crippen molar-refractivity contribution in [2.24, 2.45) is 5.92 Å². The molecule has 0 aromatic carbocycles. The van der Waals surface area contributed by atoms with Gasteiger partial charge in [-0.05, 0) is 36.1 Å². The first-order valence-corrected chi connectivity index (χ1v) is 10.5. The zero-order chi connectivity index (χ0) is 23.8. The third-order valence-corrected chi connectivity index (χ3v) is 5.24. The van der Waals surface area contributed by atoms with E-state index in [0.29, 0.717) is 29.7 Å². The molecule has 4 heterocycles. The van der Waals surface area contributed by atoms with Gasteiger partial charge in [0, 0.05) is 31.0 Å². The van der Waals surface area contributed by atoms with Crippen LogP contribution >= 0.6 is 0 Å². The number of fused-ring (bicyclic) bond motifs is 2. The number of amides is 1. The molecule has 8 nitrogen and oxygen atoms in total. The maximum absolute atomic E-state index is 12.9. The molecule has 1 atom stereocenters. The molecule has 174 valence electrons. The van der Waals surface area contributed by atoms with Crippen LogP contribution in [-0.4, -0.2) is 50.8 Å². The molecule has 0 radical (unpaired) electrons. The minimum Gasteiger partial charge on any atom is -0.366 e. The molecule has 0 fully saturated rings. The zero-order valence-electron chi connectivity index (χ0n) is 18.4. The Labute approximate surface area is 188 Å². The van der Waals surface area contributed by atoms with Crippen molar-refractivity contribution < 1.29 is 18.0 Å². The molecule has 3 N–H and O–H groups in total. The Balaban J connectivity index is 1.64. The first-order valence-electron chi connectivity index (χ1n) is 10.5. The Bertz CT molecular complexity index is 1220. The van der Waals surface area contributed by atoms with E-state index in [9.17, 15) is 18.0 Å². The molecule has 1 amide bonds. The van der Waals surface area contributed by atoms with Crippen molar-refractivity contribution >= 4 is 28.8 Å².